The Hall–Kier alpha value is -2.88. The first-order valence-corrected chi connectivity index (χ1v) is 11.6. The molecule has 0 bridgehead atoms. The smallest absolute Gasteiger partial charge is 0.373 e. The molecule has 1 aliphatic carbocycles. The van der Waals surface area contributed by atoms with Crippen LogP contribution in [0.5, 0.6) is 0 Å². The highest BCUT2D eigenvalue weighted by molar-refractivity contribution is 5.35. The molecule has 1 aromatic heterocycles. The van der Waals surface area contributed by atoms with Gasteiger partial charge in [-0.05, 0) is 68.9 Å². The van der Waals surface area contributed by atoms with Gasteiger partial charge < -0.3 is 9.30 Å². The maximum absolute atomic E-state index is 13.3. The first-order chi connectivity index (χ1) is 16.8. The first-order valence-electron chi connectivity index (χ1n) is 11.6. The highest BCUT2D eigenvalue weighted by Crippen LogP contribution is 2.47. The molecule has 0 unspecified atom stereocenters. The molecular weight excluding hydrogens is 484 g/mol. The minimum absolute atomic E-state index is 0.134. The third-order valence-electron chi connectivity index (χ3n) is 7.40. The highest BCUT2D eigenvalue weighted by Gasteiger charge is 2.43. The molecule has 4 rings (SSSR count). The third kappa shape index (κ3) is 5.43. The van der Waals surface area contributed by atoms with Crippen molar-refractivity contribution in [3.05, 3.63) is 83.4 Å². The molecule has 1 aliphatic rings. The molecule has 1 heterocycles. The molecule has 10 heteroatoms. The molecule has 0 saturated heterocycles. The summed E-state index contributed by atoms with van der Waals surface area (Å²) < 4.78 is 88.0. The second-order valence-electron chi connectivity index (χ2n) is 9.80. The summed E-state index contributed by atoms with van der Waals surface area (Å²) in [5.74, 6) is 0. The number of alkyl halides is 6. The van der Waals surface area contributed by atoms with Crippen LogP contribution in [0.2, 0.25) is 0 Å². The molecule has 2 aromatic carbocycles. The Balaban J connectivity index is 1.59. The Kier molecular flexibility index (Phi) is 6.94. The van der Waals surface area contributed by atoms with Crippen LogP contribution in [0.3, 0.4) is 0 Å². The van der Waals surface area contributed by atoms with E-state index in [4.69, 9.17) is 4.74 Å². The predicted octanol–water partition coefficient (Wildman–Crippen LogP) is 7.32. The summed E-state index contributed by atoms with van der Waals surface area (Å²) in [5, 5.41) is 7.81. The monoisotopic (exact) mass is 511 g/mol. The molecule has 194 valence electrons. The van der Waals surface area contributed by atoms with Crippen LogP contribution in [0.15, 0.2) is 61.2 Å². The van der Waals surface area contributed by atoms with E-state index >= 15 is 0 Å². The van der Waals surface area contributed by atoms with Crippen LogP contribution in [0.1, 0.15) is 67.9 Å². The van der Waals surface area contributed by atoms with Gasteiger partial charge in [-0.2, -0.15) is 26.3 Å². The summed E-state index contributed by atoms with van der Waals surface area (Å²) in [5.41, 5.74) is -2.45. The number of benzene rings is 2. The fourth-order valence-corrected chi connectivity index (χ4v) is 4.91. The summed E-state index contributed by atoms with van der Waals surface area (Å²) in [6.07, 6.45) is -4.43. The molecule has 0 N–H and O–H groups in total. The molecule has 3 aromatic rings. The van der Waals surface area contributed by atoms with Crippen molar-refractivity contribution in [3.63, 3.8) is 0 Å². The molecule has 36 heavy (non-hydrogen) atoms. The van der Waals surface area contributed by atoms with Gasteiger partial charge in [0.1, 0.15) is 12.7 Å². The zero-order chi connectivity index (χ0) is 26.2. The van der Waals surface area contributed by atoms with Gasteiger partial charge >= 0.3 is 12.4 Å². The van der Waals surface area contributed by atoms with Gasteiger partial charge in [0.2, 0.25) is 0 Å². The molecule has 0 amide bonds. The molecule has 1 fully saturated rings. The fraction of sp³-hybridized carbons (Fsp3) is 0.462. The van der Waals surface area contributed by atoms with Gasteiger partial charge in [-0.3, -0.25) is 0 Å². The normalized spacial score (nSPS) is 24.0. The molecule has 1 saturated carbocycles. The van der Waals surface area contributed by atoms with Crippen LogP contribution in [0.25, 0.3) is 0 Å². The fourth-order valence-electron chi connectivity index (χ4n) is 4.91. The summed E-state index contributed by atoms with van der Waals surface area (Å²) in [7, 11) is 0. The van der Waals surface area contributed by atoms with Crippen molar-refractivity contribution in [2.24, 2.45) is 0 Å². The molecule has 1 atom stereocenters. The average Bonchev–Trinajstić information content (AvgIpc) is 3.39. The van der Waals surface area contributed by atoms with Gasteiger partial charge in [-0.25, -0.2) is 0 Å². The Morgan fingerprint density at radius 1 is 0.861 bits per heavy atom. The standard InChI is InChI=1S/C26H27F6N3O/c1-18(19-12-21(25(27,28)29)14-22(13-19)26(30,31)32)36-15-24(20-6-4-3-5-7-20)10-8-23(2,9-11-24)35-16-33-34-17-35/h3-7,12-14,16-18H,8-11,15H2,1-2H3/t18-,23-,24-/m1/s1. The Bertz CT molecular complexity index is 1120. The maximum atomic E-state index is 13.3. The zero-order valence-corrected chi connectivity index (χ0v) is 19.9. The second kappa shape index (κ2) is 9.53. The van der Waals surface area contributed by atoms with Gasteiger partial charge in [-0.1, -0.05) is 30.3 Å². The van der Waals surface area contributed by atoms with Crippen molar-refractivity contribution in [3.8, 4) is 0 Å². The number of ether oxygens (including phenoxy) is 1. The van der Waals surface area contributed by atoms with Crippen LogP contribution < -0.4 is 0 Å². The maximum Gasteiger partial charge on any atom is 0.416 e. The zero-order valence-electron chi connectivity index (χ0n) is 19.9. The largest absolute Gasteiger partial charge is 0.416 e. The number of hydrogen-bond donors (Lipinski definition) is 0. The van der Waals surface area contributed by atoms with E-state index in [1.54, 1.807) is 12.7 Å². The van der Waals surface area contributed by atoms with E-state index in [-0.39, 0.29) is 23.8 Å². The lowest BCUT2D eigenvalue weighted by atomic mass is 9.65. The number of hydrogen-bond acceptors (Lipinski definition) is 3. The Labute approximate surface area is 205 Å². The molecule has 0 spiro atoms. The summed E-state index contributed by atoms with van der Waals surface area (Å²) in [6.45, 7) is 3.77. The molecule has 4 nitrogen and oxygen atoms in total. The van der Waals surface area contributed by atoms with E-state index in [1.807, 2.05) is 34.9 Å². The number of nitrogens with zero attached hydrogens (tertiary/aromatic N) is 3. The van der Waals surface area contributed by atoms with E-state index in [0.29, 0.717) is 0 Å². The van der Waals surface area contributed by atoms with E-state index in [9.17, 15) is 26.3 Å². The topological polar surface area (TPSA) is 39.9 Å². The summed E-state index contributed by atoms with van der Waals surface area (Å²) in [4.78, 5) is 0. The number of halogens is 6. The van der Waals surface area contributed by atoms with Crippen LogP contribution in [-0.2, 0) is 28.0 Å². The van der Waals surface area contributed by atoms with Crippen LogP contribution >= 0.6 is 0 Å². The molecular formula is C26H27F6N3O. The van der Waals surface area contributed by atoms with Crippen molar-refractivity contribution in [2.45, 2.75) is 68.9 Å². The lowest BCUT2D eigenvalue weighted by Crippen LogP contribution is -2.43. The van der Waals surface area contributed by atoms with Crippen LogP contribution in [0, 0.1) is 0 Å². The van der Waals surface area contributed by atoms with Crippen molar-refractivity contribution in [2.75, 3.05) is 6.61 Å². The first kappa shape index (κ1) is 26.2. The number of rotatable bonds is 6. The summed E-state index contributed by atoms with van der Waals surface area (Å²) in [6, 6.07) is 11.3. The molecule has 0 aliphatic heterocycles. The lowest BCUT2D eigenvalue weighted by molar-refractivity contribution is -0.143. The molecule has 0 radical (unpaired) electrons. The average molecular weight is 512 g/mol. The summed E-state index contributed by atoms with van der Waals surface area (Å²) >= 11 is 0. The van der Waals surface area contributed by atoms with Gasteiger partial charge in [0.25, 0.3) is 0 Å². The number of aromatic nitrogens is 3. The minimum Gasteiger partial charge on any atom is -0.373 e. The van der Waals surface area contributed by atoms with E-state index < -0.39 is 35.0 Å². The van der Waals surface area contributed by atoms with Gasteiger partial charge in [0.05, 0.1) is 23.8 Å². The van der Waals surface area contributed by atoms with Crippen molar-refractivity contribution in [1.29, 1.82) is 0 Å². The van der Waals surface area contributed by atoms with E-state index in [0.717, 1.165) is 43.4 Å². The predicted molar refractivity (Wildman–Crippen MR) is 121 cm³/mol. The second-order valence-corrected chi connectivity index (χ2v) is 9.80. The van der Waals surface area contributed by atoms with Gasteiger partial charge in [-0.15, -0.1) is 10.2 Å². The Morgan fingerprint density at radius 2 is 1.39 bits per heavy atom. The van der Waals surface area contributed by atoms with Crippen LogP contribution in [-0.4, -0.2) is 21.4 Å². The SMILES string of the molecule is C[C@@H](OC[C@]1(c2ccccc2)CC[C@](C)(n2cnnc2)CC1)c1cc(C(F)(F)F)cc(C(F)(F)F)c1. The van der Waals surface area contributed by atoms with E-state index in [1.165, 1.54) is 6.92 Å². The van der Waals surface area contributed by atoms with Crippen LogP contribution in [0.4, 0.5) is 26.3 Å². The lowest BCUT2D eigenvalue weighted by Gasteiger charge is -2.46. The minimum atomic E-state index is -4.91. The Morgan fingerprint density at radius 3 is 1.89 bits per heavy atom. The van der Waals surface area contributed by atoms with Crippen molar-refractivity contribution >= 4 is 0 Å². The quantitative estimate of drug-likeness (QED) is 0.326. The third-order valence-corrected chi connectivity index (χ3v) is 7.40. The van der Waals surface area contributed by atoms with Gasteiger partial charge in [0.15, 0.2) is 0 Å². The van der Waals surface area contributed by atoms with E-state index in [2.05, 4.69) is 17.1 Å². The van der Waals surface area contributed by atoms with Crippen molar-refractivity contribution < 1.29 is 31.1 Å². The van der Waals surface area contributed by atoms with Crippen molar-refractivity contribution in [1.82, 2.24) is 14.8 Å². The van der Waals surface area contributed by atoms with Gasteiger partial charge in [0, 0.05) is 11.0 Å². The highest BCUT2D eigenvalue weighted by atomic mass is 19.4.